The summed E-state index contributed by atoms with van der Waals surface area (Å²) in [5.74, 6) is -0.623. The molecule has 2 aliphatic rings. The molecule has 0 aromatic rings. The Morgan fingerprint density at radius 1 is 1.10 bits per heavy atom. The summed E-state index contributed by atoms with van der Waals surface area (Å²) < 4.78 is 6.38. The molecule has 0 unspecified atom stereocenters. The van der Waals surface area contributed by atoms with Crippen LogP contribution in [0.15, 0.2) is 46.0 Å². The van der Waals surface area contributed by atoms with Gasteiger partial charge in [0, 0.05) is 11.5 Å². The topological polar surface area (TPSA) is 63.6 Å². The first kappa shape index (κ1) is 23.2. The molecule has 29 heavy (non-hydrogen) atoms. The van der Waals surface area contributed by atoms with Crippen LogP contribution in [-0.2, 0) is 14.3 Å². The van der Waals surface area contributed by atoms with Gasteiger partial charge < -0.3 is 9.84 Å². The molecule has 2 rings (SSSR count). The highest BCUT2D eigenvalue weighted by Gasteiger charge is 2.53. The van der Waals surface area contributed by atoms with Crippen molar-refractivity contribution in [3.05, 3.63) is 46.0 Å². The van der Waals surface area contributed by atoms with Crippen molar-refractivity contribution in [1.29, 1.82) is 0 Å². The Kier molecular flexibility index (Phi) is 6.66. The minimum Gasteiger partial charge on any atom is -0.507 e. The lowest BCUT2D eigenvalue weighted by Gasteiger charge is -2.45. The molecule has 0 amide bonds. The number of carbonyl (C=O) groups excluding carboxylic acids is 2. The zero-order valence-corrected chi connectivity index (χ0v) is 19.2. The predicted octanol–water partition coefficient (Wildman–Crippen LogP) is 6.15. The Bertz CT molecular complexity index is 803. The summed E-state index contributed by atoms with van der Waals surface area (Å²) in [6.07, 6.45) is 6.25. The minimum absolute atomic E-state index is 0.0497. The molecule has 1 heterocycles. The van der Waals surface area contributed by atoms with Crippen LogP contribution in [0.3, 0.4) is 0 Å². The average Bonchev–Trinajstić information content (AvgIpc) is 2.60. The van der Waals surface area contributed by atoms with Gasteiger partial charge in [0.05, 0.1) is 5.41 Å². The first-order valence-electron chi connectivity index (χ1n) is 10.5. The van der Waals surface area contributed by atoms with Crippen molar-refractivity contribution in [3.8, 4) is 0 Å². The molecule has 0 atom stereocenters. The summed E-state index contributed by atoms with van der Waals surface area (Å²) in [5.41, 5.74) is 1.33. The molecule has 0 saturated carbocycles. The van der Waals surface area contributed by atoms with Crippen LogP contribution in [-0.4, -0.2) is 22.3 Å². The maximum absolute atomic E-state index is 13.9. The van der Waals surface area contributed by atoms with Gasteiger partial charge in [-0.1, -0.05) is 37.1 Å². The number of hydrogen-bond donors (Lipinski definition) is 1. The van der Waals surface area contributed by atoms with Gasteiger partial charge in [0.2, 0.25) is 0 Å². The lowest BCUT2D eigenvalue weighted by molar-refractivity contribution is -0.131. The van der Waals surface area contributed by atoms with Gasteiger partial charge in [-0.15, -0.1) is 0 Å². The molecule has 0 aromatic heterocycles. The molecule has 4 nitrogen and oxygen atoms in total. The second-order valence-electron chi connectivity index (χ2n) is 9.79. The van der Waals surface area contributed by atoms with Gasteiger partial charge in [-0.25, -0.2) is 0 Å². The third-order valence-corrected chi connectivity index (χ3v) is 5.74. The highest BCUT2D eigenvalue weighted by molar-refractivity contribution is 6.24. The number of carbonyl (C=O) groups is 2. The number of rotatable bonds is 6. The largest absolute Gasteiger partial charge is 0.507 e. The van der Waals surface area contributed by atoms with Crippen LogP contribution in [0.2, 0.25) is 0 Å². The highest BCUT2D eigenvalue weighted by atomic mass is 16.5. The zero-order valence-electron chi connectivity index (χ0n) is 19.2. The minimum atomic E-state index is -1.01. The van der Waals surface area contributed by atoms with Gasteiger partial charge in [0.25, 0.3) is 0 Å². The van der Waals surface area contributed by atoms with E-state index in [9.17, 15) is 14.7 Å². The van der Waals surface area contributed by atoms with Crippen LogP contribution < -0.4 is 0 Å². The Hall–Kier alpha value is -2.10. The monoisotopic (exact) mass is 400 g/mol. The van der Waals surface area contributed by atoms with Crippen LogP contribution in [0.5, 0.6) is 0 Å². The molecular weight excluding hydrogens is 364 g/mol. The zero-order chi connectivity index (χ0) is 22.1. The molecule has 4 heteroatoms. The molecule has 1 N–H and O–H groups in total. The van der Waals surface area contributed by atoms with Crippen LogP contribution in [0.4, 0.5) is 0 Å². The SMILES string of the molecule is CC(C)=CCC1(CC=C(C)C)C(=O)C(C(=O)C(C)C)=C(O)C2=C1OC(C)(C)CC2. The highest BCUT2D eigenvalue weighted by Crippen LogP contribution is 2.52. The van der Waals surface area contributed by atoms with Crippen molar-refractivity contribution in [2.24, 2.45) is 11.3 Å². The Morgan fingerprint density at radius 2 is 1.62 bits per heavy atom. The van der Waals surface area contributed by atoms with Gasteiger partial charge in [-0.05, 0) is 67.2 Å². The summed E-state index contributed by atoms with van der Waals surface area (Å²) in [6.45, 7) is 15.5. The summed E-state index contributed by atoms with van der Waals surface area (Å²) in [6, 6.07) is 0. The van der Waals surface area contributed by atoms with Crippen LogP contribution >= 0.6 is 0 Å². The van der Waals surface area contributed by atoms with E-state index in [0.717, 1.165) is 11.1 Å². The van der Waals surface area contributed by atoms with E-state index in [0.29, 0.717) is 37.0 Å². The first-order chi connectivity index (χ1) is 13.3. The number of aliphatic hydroxyl groups is 1. The summed E-state index contributed by atoms with van der Waals surface area (Å²) in [5, 5.41) is 11.0. The van der Waals surface area contributed by atoms with E-state index in [2.05, 4.69) is 0 Å². The van der Waals surface area contributed by atoms with E-state index in [1.165, 1.54) is 0 Å². The standard InChI is InChI=1S/C25H36O4/c1-15(2)9-13-25(14-10-16(3)4)22(28)19(20(26)17(5)6)21(27)18-11-12-24(7,8)29-23(18)25/h9-10,17,27H,11-14H2,1-8H3. The molecule has 0 radical (unpaired) electrons. The first-order valence-corrected chi connectivity index (χ1v) is 10.5. The van der Waals surface area contributed by atoms with Crippen molar-refractivity contribution in [2.75, 3.05) is 0 Å². The van der Waals surface area contributed by atoms with Crippen LogP contribution in [0, 0.1) is 11.3 Å². The summed E-state index contributed by atoms with van der Waals surface area (Å²) in [4.78, 5) is 26.8. The molecule has 0 fully saturated rings. The van der Waals surface area contributed by atoms with E-state index in [1.54, 1.807) is 13.8 Å². The summed E-state index contributed by atoms with van der Waals surface area (Å²) in [7, 11) is 0. The summed E-state index contributed by atoms with van der Waals surface area (Å²) >= 11 is 0. The lowest BCUT2D eigenvalue weighted by atomic mass is 9.65. The fraction of sp³-hybridized carbons (Fsp3) is 0.600. The van der Waals surface area contributed by atoms with Crippen LogP contribution in [0.25, 0.3) is 0 Å². The van der Waals surface area contributed by atoms with Gasteiger partial charge >= 0.3 is 0 Å². The third kappa shape index (κ3) is 4.57. The number of allylic oxidation sites excluding steroid dienone is 7. The van der Waals surface area contributed by atoms with Crippen LogP contribution in [0.1, 0.15) is 81.1 Å². The van der Waals surface area contributed by atoms with Crippen molar-refractivity contribution in [3.63, 3.8) is 0 Å². The Labute approximate surface area is 175 Å². The molecule has 1 aliphatic carbocycles. The second kappa shape index (κ2) is 8.33. The van der Waals surface area contributed by atoms with E-state index >= 15 is 0 Å². The van der Waals surface area contributed by atoms with E-state index < -0.39 is 11.0 Å². The molecule has 0 bridgehead atoms. The molecule has 0 saturated heterocycles. The van der Waals surface area contributed by atoms with E-state index in [1.807, 2.05) is 53.7 Å². The van der Waals surface area contributed by atoms with Gasteiger partial charge in [0.1, 0.15) is 22.7 Å². The van der Waals surface area contributed by atoms with Gasteiger partial charge in [-0.2, -0.15) is 0 Å². The number of ether oxygens (including phenoxy) is 1. The molecular formula is C25H36O4. The van der Waals surface area contributed by atoms with Gasteiger partial charge in [0.15, 0.2) is 11.6 Å². The Balaban J connectivity index is 2.82. The number of ketones is 2. The number of hydrogen-bond acceptors (Lipinski definition) is 4. The Morgan fingerprint density at radius 3 is 2.07 bits per heavy atom. The maximum atomic E-state index is 13.9. The lowest BCUT2D eigenvalue weighted by Crippen LogP contribution is -2.46. The van der Waals surface area contributed by atoms with Crippen molar-refractivity contribution in [2.45, 2.75) is 86.7 Å². The molecule has 0 aromatic carbocycles. The fourth-order valence-electron chi connectivity index (χ4n) is 3.87. The molecule has 1 aliphatic heterocycles. The smallest absolute Gasteiger partial charge is 0.184 e. The van der Waals surface area contributed by atoms with Crippen molar-refractivity contribution in [1.82, 2.24) is 0 Å². The fourth-order valence-corrected chi connectivity index (χ4v) is 3.87. The van der Waals surface area contributed by atoms with E-state index in [4.69, 9.17) is 4.74 Å². The van der Waals surface area contributed by atoms with Gasteiger partial charge in [-0.3, -0.25) is 9.59 Å². The average molecular weight is 401 g/mol. The number of Topliss-reactive ketones (excluding diaryl/α,β-unsaturated/α-hetero) is 2. The van der Waals surface area contributed by atoms with Crippen molar-refractivity contribution < 1.29 is 19.4 Å². The normalized spacial score (nSPS) is 20.2. The quantitative estimate of drug-likeness (QED) is 0.429. The molecule has 0 spiro atoms. The predicted molar refractivity (Wildman–Crippen MR) is 116 cm³/mol. The van der Waals surface area contributed by atoms with Crippen molar-refractivity contribution >= 4 is 11.6 Å². The maximum Gasteiger partial charge on any atom is 0.184 e. The second-order valence-corrected chi connectivity index (χ2v) is 9.79. The third-order valence-electron chi connectivity index (χ3n) is 5.74. The molecule has 160 valence electrons. The number of aliphatic hydroxyl groups excluding tert-OH is 1. The van der Waals surface area contributed by atoms with E-state index in [-0.39, 0.29) is 28.8 Å².